The standard InChI is InChI=1S/C21H23N3O5/c1-14(2)18-9-7-15(3)11-19(18)29-13-21(26)23-22-20(25)10-8-16-5-4-6-17(12-16)24(27)28/h4-12,14H,13H2,1-3H3,(H,22,25)(H,23,26)/b10-8+. The molecule has 2 amide bonds. The lowest BCUT2D eigenvalue weighted by molar-refractivity contribution is -0.384. The fourth-order valence-electron chi connectivity index (χ4n) is 2.51. The third-order valence-corrected chi connectivity index (χ3v) is 3.98. The molecule has 2 rings (SSSR count). The van der Waals surface area contributed by atoms with Crippen molar-refractivity contribution in [1.82, 2.24) is 10.9 Å². The molecule has 0 heterocycles. The van der Waals surface area contributed by atoms with Gasteiger partial charge in [0.05, 0.1) is 4.92 Å². The number of amides is 2. The fraction of sp³-hybridized carbons (Fsp3) is 0.238. The molecule has 0 radical (unpaired) electrons. The number of ether oxygens (including phenoxy) is 1. The largest absolute Gasteiger partial charge is 0.483 e. The Bertz CT molecular complexity index is 938. The molecule has 29 heavy (non-hydrogen) atoms. The second kappa shape index (κ2) is 10.0. The van der Waals surface area contributed by atoms with Crippen molar-refractivity contribution in [2.24, 2.45) is 0 Å². The first-order valence-corrected chi connectivity index (χ1v) is 9.01. The van der Waals surface area contributed by atoms with Crippen LogP contribution in [0.1, 0.15) is 36.5 Å². The van der Waals surface area contributed by atoms with Crippen LogP contribution in [0.5, 0.6) is 5.75 Å². The summed E-state index contributed by atoms with van der Waals surface area (Å²) in [5.74, 6) is -0.221. The summed E-state index contributed by atoms with van der Waals surface area (Å²) >= 11 is 0. The number of aryl methyl sites for hydroxylation is 1. The van der Waals surface area contributed by atoms with E-state index in [0.717, 1.165) is 17.2 Å². The van der Waals surface area contributed by atoms with Gasteiger partial charge in [0.25, 0.3) is 17.5 Å². The van der Waals surface area contributed by atoms with Crippen LogP contribution in [0.25, 0.3) is 6.08 Å². The molecule has 0 spiro atoms. The van der Waals surface area contributed by atoms with Gasteiger partial charge >= 0.3 is 0 Å². The van der Waals surface area contributed by atoms with Crippen LogP contribution < -0.4 is 15.6 Å². The van der Waals surface area contributed by atoms with Gasteiger partial charge in [-0.05, 0) is 41.7 Å². The molecule has 0 aliphatic rings. The van der Waals surface area contributed by atoms with Crippen LogP contribution in [0.15, 0.2) is 48.5 Å². The molecule has 152 valence electrons. The van der Waals surface area contributed by atoms with Gasteiger partial charge in [-0.25, -0.2) is 0 Å². The van der Waals surface area contributed by atoms with Crippen LogP contribution in [0.2, 0.25) is 0 Å². The smallest absolute Gasteiger partial charge is 0.276 e. The molecular weight excluding hydrogens is 374 g/mol. The van der Waals surface area contributed by atoms with Gasteiger partial charge in [-0.1, -0.05) is 38.1 Å². The Labute approximate surface area is 168 Å². The first kappa shape index (κ1) is 21.6. The van der Waals surface area contributed by atoms with Crippen molar-refractivity contribution >= 4 is 23.6 Å². The summed E-state index contributed by atoms with van der Waals surface area (Å²) < 4.78 is 5.59. The number of rotatable bonds is 7. The van der Waals surface area contributed by atoms with Crippen molar-refractivity contribution in [3.63, 3.8) is 0 Å². The van der Waals surface area contributed by atoms with Crippen LogP contribution in [0.3, 0.4) is 0 Å². The van der Waals surface area contributed by atoms with Crippen molar-refractivity contribution in [2.45, 2.75) is 26.7 Å². The minimum absolute atomic E-state index is 0.0741. The van der Waals surface area contributed by atoms with Gasteiger partial charge in [0.15, 0.2) is 6.61 Å². The van der Waals surface area contributed by atoms with Gasteiger partial charge in [-0.2, -0.15) is 0 Å². The fourth-order valence-corrected chi connectivity index (χ4v) is 2.51. The van der Waals surface area contributed by atoms with Crippen molar-refractivity contribution in [3.05, 3.63) is 75.3 Å². The highest BCUT2D eigenvalue weighted by atomic mass is 16.6. The number of nitro groups is 1. The lowest BCUT2D eigenvalue weighted by Gasteiger charge is -2.14. The quantitative estimate of drug-likeness (QED) is 0.423. The topological polar surface area (TPSA) is 111 Å². The van der Waals surface area contributed by atoms with Gasteiger partial charge in [0.2, 0.25) is 0 Å². The SMILES string of the molecule is Cc1ccc(C(C)C)c(OCC(=O)NNC(=O)/C=C/c2cccc([N+](=O)[O-])c2)c1. The highest BCUT2D eigenvalue weighted by molar-refractivity contribution is 5.93. The molecule has 0 saturated carbocycles. The average molecular weight is 397 g/mol. The summed E-state index contributed by atoms with van der Waals surface area (Å²) in [6.07, 6.45) is 2.57. The number of nitrogens with one attached hydrogen (secondary N) is 2. The number of non-ortho nitro benzene ring substituents is 1. The average Bonchev–Trinajstić information content (AvgIpc) is 2.69. The Balaban J connectivity index is 1.85. The maximum absolute atomic E-state index is 11.9. The van der Waals surface area contributed by atoms with Gasteiger partial charge < -0.3 is 4.74 Å². The molecule has 0 atom stereocenters. The molecule has 0 saturated heterocycles. The van der Waals surface area contributed by atoms with Crippen LogP contribution in [0, 0.1) is 17.0 Å². The first-order valence-electron chi connectivity index (χ1n) is 9.01. The molecule has 0 fully saturated rings. The number of hydrogen-bond acceptors (Lipinski definition) is 5. The molecule has 2 aromatic rings. The third-order valence-electron chi connectivity index (χ3n) is 3.98. The van der Waals surface area contributed by atoms with E-state index in [9.17, 15) is 19.7 Å². The maximum atomic E-state index is 11.9. The van der Waals surface area contributed by atoms with E-state index in [2.05, 4.69) is 10.9 Å². The van der Waals surface area contributed by atoms with Gasteiger partial charge in [0, 0.05) is 18.2 Å². The van der Waals surface area contributed by atoms with Gasteiger partial charge in [0.1, 0.15) is 5.75 Å². The molecule has 0 bridgehead atoms. The highest BCUT2D eigenvalue weighted by Crippen LogP contribution is 2.27. The van der Waals surface area contributed by atoms with Crippen molar-refractivity contribution in [3.8, 4) is 5.75 Å². The normalized spacial score (nSPS) is 10.8. The number of carbonyl (C=O) groups is 2. The van der Waals surface area contributed by atoms with E-state index in [0.29, 0.717) is 11.3 Å². The molecular formula is C21H23N3O5. The molecule has 2 N–H and O–H groups in total. The van der Waals surface area contributed by atoms with E-state index >= 15 is 0 Å². The number of carbonyl (C=O) groups excluding carboxylic acids is 2. The highest BCUT2D eigenvalue weighted by Gasteiger charge is 2.10. The molecule has 0 aliphatic heterocycles. The van der Waals surface area contributed by atoms with E-state index in [1.54, 1.807) is 6.07 Å². The molecule has 8 heteroatoms. The van der Waals surface area contributed by atoms with Gasteiger partial charge in [-0.3, -0.25) is 30.6 Å². The summed E-state index contributed by atoms with van der Waals surface area (Å²) in [7, 11) is 0. The van der Waals surface area contributed by atoms with E-state index in [1.807, 2.05) is 39.0 Å². The Kier molecular flexibility index (Phi) is 7.47. The zero-order valence-electron chi connectivity index (χ0n) is 16.5. The van der Waals surface area contributed by atoms with Crippen molar-refractivity contribution in [2.75, 3.05) is 6.61 Å². The van der Waals surface area contributed by atoms with E-state index < -0.39 is 16.7 Å². The predicted octanol–water partition coefficient (Wildman–Crippen LogP) is 3.27. The summed E-state index contributed by atoms with van der Waals surface area (Å²) in [5, 5.41) is 10.8. The zero-order chi connectivity index (χ0) is 21.4. The lowest BCUT2D eigenvalue weighted by Crippen LogP contribution is -2.43. The molecule has 0 aliphatic carbocycles. The number of hydrazine groups is 1. The minimum atomic E-state index is -0.580. The first-order chi connectivity index (χ1) is 13.8. The van der Waals surface area contributed by atoms with Crippen LogP contribution in [0.4, 0.5) is 5.69 Å². The molecule has 0 unspecified atom stereocenters. The van der Waals surface area contributed by atoms with Gasteiger partial charge in [-0.15, -0.1) is 0 Å². The van der Waals surface area contributed by atoms with E-state index in [1.165, 1.54) is 24.3 Å². The number of nitro benzene ring substituents is 1. The Hall–Kier alpha value is -3.68. The summed E-state index contributed by atoms with van der Waals surface area (Å²) in [6.45, 7) is 5.75. The Morgan fingerprint density at radius 1 is 1.17 bits per heavy atom. The predicted molar refractivity (Wildman–Crippen MR) is 109 cm³/mol. The van der Waals surface area contributed by atoms with Crippen molar-refractivity contribution < 1.29 is 19.2 Å². The van der Waals surface area contributed by atoms with Crippen LogP contribution >= 0.6 is 0 Å². The maximum Gasteiger partial charge on any atom is 0.276 e. The third kappa shape index (κ3) is 6.76. The lowest BCUT2D eigenvalue weighted by atomic mass is 10.0. The van der Waals surface area contributed by atoms with Crippen LogP contribution in [-0.4, -0.2) is 23.3 Å². The molecule has 0 aromatic heterocycles. The molecule has 2 aromatic carbocycles. The van der Waals surface area contributed by atoms with Crippen molar-refractivity contribution in [1.29, 1.82) is 0 Å². The number of nitrogens with zero attached hydrogens (tertiary/aromatic N) is 1. The second-order valence-electron chi connectivity index (χ2n) is 6.71. The Morgan fingerprint density at radius 2 is 1.93 bits per heavy atom. The van der Waals surface area contributed by atoms with E-state index in [-0.39, 0.29) is 18.2 Å². The zero-order valence-corrected chi connectivity index (χ0v) is 16.5. The number of benzene rings is 2. The number of hydrogen-bond donors (Lipinski definition) is 2. The Morgan fingerprint density at radius 3 is 2.62 bits per heavy atom. The second-order valence-corrected chi connectivity index (χ2v) is 6.71. The van der Waals surface area contributed by atoms with E-state index in [4.69, 9.17) is 4.74 Å². The summed E-state index contributed by atoms with van der Waals surface area (Å²) in [4.78, 5) is 34.0. The summed E-state index contributed by atoms with van der Waals surface area (Å²) in [5.41, 5.74) is 6.92. The molecule has 8 nitrogen and oxygen atoms in total. The van der Waals surface area contributed by atoms with Crippen LogP contribution in [-0.2, 0) is 9.59 Å². The monoisotopic (exact) mass is 397 g/mol. The summed E-state index contributed by atoms with van der Waals surface area (Å²) in [6, 6.07) is 11.6. The minimum Gasteiger partial charge on any atom is -0.483 e.